The zero-order valence-corrected chi connectivity index (χ0v) is 12.8. The third-order valence-corrected chi connectivity index (χ3v) is 5.99. The van der Waals surface area contributed by atoms with Crippen LogP contribution in [0, 0.1) is 5.41 Å². The lowest BCUT2D eigenvalue weighted by Gasteiger charge is -2.14. The van der Waals surface area contributed by atoms with Crippen molar-refractivity contribution in [3.05, 3.63) is 5.82 Å². The summed E-state index contributed by atoms with van der Waals surface area (Å²) in [5.74, 6) is 3.19. The summed E-state index contributed by atoms with van der Waals surface area (Å²) in [5.41, 5.74) is 5.88. The van der Waals surface area contributed by atoms with E-state index in [1.807, 2.05) is 0 Å². The number of hydrogen-bond acceptors (Lipinski definition) is 5. The minimum Gasteiger partial charge on any atom is -0.409 e. The molecule has 4 rings (SSSR count). The number of aromatic nitrogens is 3. The molecule has 0 bridgehead atoms. The van der Waals surface area contributed by atoms with Crippen molar-refractivity contribution < 1.29 is 5.21 Å². The Morgan fingerprint density at radius 3 is 2.67 bits per heavy atom. The highest BCUT2D eigenvalue weighted by molar-refractivity contribution is 7.99. The van der Waals surface area contributed by atoms with Crippen molar-refractivity contribution in [1.29, 1.82) is 0 Å². The van der Waals surface area contributed by atoms with E-state index in [2.05, 4.69) is 19.9 Å². The van der Waals surface area contributed by atoms with Crippen LogP contribution in [0.1, 0.15) is 62.7 Å². The standard InChI is InChI=1S/C14H21N5OS/c15-11(18-20)7-14(5-6-14)8-21-13-17-16-12(9-1-2-9)19(13)10-3-4-10/h9-10,20H,1-8H2,(H2,15,18). The summed E-state index contributed by atoms with van der Waals surface area (Å²) in [5, 5.41) is 21.8. The molecule has 7 heteroatoms. The third kappa shape index (κ3) is 2.75. The van der Waals surface area contributed by atoms with Crippen molar-refractivity contribution >= 4 is 17.6 Å². The van der Waals surface area contributed by atoms with Gasteiger partial charge >= 0.3 is 0 Å². The zero-order valence-electron chi connectivity index (χ0n) is 12.0. The van der Waals surface area contributed by atoms with E-state index in [4.69, 9.17) is 10.9 Å². The fourth-order valence-electron chi connectivity index (χ4n) is 2.87. The highest BCUT2D eigenvalue weighted by atomic mass is 32.2. The van der Waals surface area contributed by atoms with Crippen LogP contribution in [-0.2, 0) is 0 Å². The Morgan fingerprint density at radius 2 is 2.10 bits per heavy atom. The van der Waals surface area contributed by atoms with Gasteiger partial charge in [0.15, 0.2) is 5.16 Å². The average molecular weight is 307 g/mol. The number of nitrogens with zero attached hydrogens (tertiary/aromatic N) is 4. The second kappa shape index (κ2) is 4.90. The monoisotopic (exact) mass is 307 g/mol. The molecule has 0 atom stereocenters. The summed E-state index contributed by atoms with van der Waals surface area (Å²) in [6.45, 7) is 0. The number of rotatable bonds is 7. The summed E-state index contributed by atoms with van der Waals surface area (Å²) < 4.78 is 2.39. The maximum Gasteiger partial charge on any atom is 0.191 e. The van der Waals surface area contributed by atoms with Gasteiger partial charge in [-0.15, -0.1) is 10.2 Å². The Bertz CT molecular complexity index is 572. The van der Waals surface area contributed by atoms with Gasteiger partial charge in [-0.1, -0.05) is 16.9 Å². The lowest BCUT2D eigenvalue weighted by molar-refractivity contribution is 0.315. The van der Waals surface area contributed by atoms with Crippen LogP contribution in [0.3, 0.4) is 0 Å². The van der Waals surface area contributed by atoms with Gasteiger partial charge in [-0.3, -0.25) is 0 Å². The van der Waals surface area contributed by atoms with Gasteiger partial charge in [-0.2, -0.15) is 0 Å². The van der Waals surface area contributed by atoms with Gasteiger partial charge in [0.2, 0.25) is 0 Å². The summed E-state index contributed by atoms with van der Waals surface area (Å²) in [7, 11) is 0. The van der Waals surface area contributed by atoms with E-state index >= 15 is 0 Å². The SMILES string of the molecule is NC(CC1(CSc2nnc(C3CC3)n2C2CC2)CC1)=NO. The predicted molar refractivity (Wildman–Crippen MR) is 80.7 cm³/mol. The number of nitrogens with two attached hydrogens (primary N) is 1. The van der Waals surface area contributed by atoms with Gasteiger partial charge in [-0.05, 0) is 43.9 Å². The fourth-order valence-corrected chi connectivity index (χ4v) is 4.18. The highest BCUT2D eigenvalue weighted by Crippen LogP contribution is 2.53. The topological polar surface area (TPSA) is 89.3 Å². The molecule has 1 aromatic rings. The van der Waals surface area contributed by atoms with Crippen LogP contribution in [0.5, 0.6) is 0 Å². The normalized spacial score (nSPS) is 24.3. The average Bonchev–Trinajstić information content (AvgIpc) is 3.32. The van der Waals surface area contributed by atoms with E-state index in [-0.39, 0.29) is 5.41 Å². The van der Waals surface area contributed by atoms with E-state index < -0.39 is 0 Å². The van der Waals surface area contributed by atoms with Gasteiger partial charge in [0, 0.05) is 24.1 Å². The number of hydrogen-bond donors (Lipinski definition) is 2. The predicted octanol–water partition coefficient (Wildman–Crippen LogP) is 2.50. The summed E-state index contributed by atoms with van der Waals surface area (Å²) in [4.78, 5) is 0. The maximum atomic E-state index is 8.74. The molecule has 3 aliphatic rings. The van der Waals surface area contributed by atoms with E-state index in [9.17, 15) is 0 Å². The van der Waals surface area contributed by atoms with Crippen LogP contribution in [0.2, 0.25) is 0 Å². The molecule has 1 aromatic heterocycles. The Kier molecular flexibility index (Phi) is 3.13. The first-order valence-corrected chi connectivity index (χ1v) is 8.73. The number of amidine groups is 1. The molecule has 0 spiro atoms. The first-order valence-electron chi connectivity index (χ1n) is 7.75. The van der Waals surface area contributed by atoms with E-state index in [1.165, 1.54) is 31.5 Å². The molecule has 6 nitrogen and oxygen atoms in total. The van der Waals surface area contributed by atoms with Crippen LogP contribution < -0.4 is 5.73 Å². The highest BCUT2D eigenvalue weighted by Gasteiger charge is 2.44. The summed E-state index contributed by atoms with van der Waals surface area (Å²) in [6.07, 6.45) is 8.06. The first-order chi connectivity index (χ1) is 10.2. The van der Waals surface area contributed by atoms with Crippen molar-refractivity contribution in [3.63, 3.8) is 0 Å². The van der Waals surface area contributed by atoms with Crippen molar-refractivity contribution in [2.24, 2.45) is 16.3 Å². The molecule has 0 saturated heterocycles. The molecule has 3 saturated carbocycles. The largest absolute Gasteiger partial charge is 0.409 e. The molecule has 3 N–H and O–H groups in total. The second-order valence-corrected chi connectivity index (χ2v) is 7.72. The Morgan fingerprint density at radius 1 is 1.33 bits per heavy atom. The van der Waals surface area contributed by atoms with Crippen LogP contribution in [0.25, 0.3) is 0 Å². The van der Waals surface area contributed by atoms with Gasteiger partial charge < -0.3 is 15.5 Å². The molecule has 0 amide bonds. The van der Waals surface area contributed by atoms with Crippen molar-refractivity contribution in [3.8, 4) is 0 Å². The van der Waals surface area contributed by atoms with Crippen molar-refractivity contribution in [2.45, 2.75) is 62.1 Å². The van der Waals surface area contributed by atoms with E-state index in [0.717, 1.165) is 23.8 Å². The zero-order chi connectivity index (χ0) is 14.4. The van der Waals surface area contributed by atoms with Crippen molar-refractivity contribution in [2.75, 3.05) is 5.75 Å². The number of thioether (sulfide) groups is 1. The van der Waals surface area contributed by atoms with Gasteiger partial charge in [-0.25, -0.2) is 0 Å². The lowest BCUT2D eigenvalue weighted by Crippen LogP contribution is -2.19. The van der Waals surface area contributed by atoms with Crippen LogP contribution in [0.4, 0.5) is 0 Å². The van der Waals surface area contributed by atoms with Crippen LogP contribution in [-0.4, -0.2) is 31.6 Å². The minimum atomic E-state index is 0.209. The molecule has 0 radical (unpaired) electrons. The van der Waals surface area contributed by atoms with E-state index in [0.29, 0.717) is 24.2 Å². The molecule has 21 heavy (non-hydrogen) atoms. The van der Waals surface area contributed by atoms with Gasteiger partial charge in [0.25, 0.3) is 0 Å². The van der Waals surface area contributed by atoms with E-state index in [1.54, 1.807) is 11.8 Å². The molecule has 114 valence electrons. The molecule has 1 heterocycles. The molecular formula is C14H21N5OS. The quantitative estimate of drug-likeness (QED) is 0.265. The first kappa shape index (κ1) is 13.4. The van der Waals surface area contributed by atoms with Gasteiger partial charge in [0.05, 0.1) is 0 Å². The Labute approximate surface area is 128 Å². The molecule has 0 aromatic carbocycles. The summed E-state index contributed by atoms with van der Waals surface area (Å²) >= 11 is 1.80. The molecule has 3 fully saturated rings. The Balaban J connectivity index is 1.45. The third-order valence-electron chi connectivity index (χ3n) is 4.69. The second-order valence-electron chi connectivity index (χ2n) is 6.77. The molecule has 3 aliphatic carbocycles. The van der Waals surface area contributed by atoms with Crippen LogP contribution in [0.15, 0.2) is 10.3 Å². The number of oxime groups is 1. The molecule has 0 unspecified atom stereocenters. The van der Waals surface area contributed by atoms with Crippen molar-refractivity contribution in [1.82, 2.24) is 14.8 Å². The molecular weight excluding hydrogens is 286 g/mol. The van der Waals surface area contributed by atoms with Gasteiger partial charge in [0.1, 0.15) is 11.7 Å². The lowest BCUT2D eigenvalue weighted by atomic mass is 10.1. The Hall–Kier alpha value is -1.24. The fraction of sp³-hybridized carbons (Fsp3) is 0.786. The minimum absolute atomic E-state index is 0.209. The summed E-state index contributed by atoms with van der Waals surface area (Å²) in [6, 6.07) is 0.636. The van der Waals surface area contributed by atoms with Crippen LogP contribution >= 0.6 is 11.8 Å². The smallest absolute Gasteiger partial charge is 0.191 e. The molecule has 0 aliphatic heterocycles. The maximum absolute atomic E-state index is 8.74.